The van der Waals surface area contributed by atoms with E-state index in [1.807, 2.05) is 0 Å². The molecular weight excluding hydrogens is 322 g/mol. The van der Waals surface area contributed by atoms with Crippen LogP contribution in [-0.4, -0.2) is 17.6 Å². The van der Waals surface area contributed by atoms with Crippen molar-refractivity contribution in [3.8, 4) is 0 Å². The second-order valence-electron chi connectivity index (χ2n) is 7.11. The summed E-state index contributed by atoms with van der Waals surface area (Å²) >= 11 is 0. The van der Waals surface area contributed by atoms with Gasteiger partial charge in [-0.05, 0) is 13.8 Å². The second-order valence-corrected chi connectivity index (χ2v) is 7.11. The third-order valence-electron chi connectivity index (χ3n) is 4.25. The highest BCUT2D eigenvalue weighted by Crippen LogP contribution is 2.39. The molecule has 2 aromatic carbocycles. The Morgan fingerprint density at radius 3 is 1.48 bits per heavy atom. The molecule has 21 heavy (non-hydrogen) atoms. The van der Waals surface area contributed by atoms with Crippen molar-refractivity contribution in [2.24, 2.45) is 5.41 Å². The summed E-state index contributed by atoms with van der Waals surface area (Å²) in [5, 5.41) is 0. The number of halogens is 1. The molecule has 0 saturated carbocycles. The first-order chi connectivity index (χ1) is 9.57. The van der Waals surface area contributed by atoms with Crippen molar-refractivity contribution in [3.05, 3.63) is 71.8 Å². The van der Waals surface area contributed by atoms with Crippen LogP contribution in [0, 0.1) is 5.41 Å². The first-order valence-corrected chi connectivity index (χ1v) is 7.50. The molecule has 0 aromatic heterocycles. The average Bonchev–Trinajstić information content (AvgIpc) is 2.38. The molecule has 0 N–H and O–H groups in total. The average molecular weight is 346 g/mol. The molecule has 0 spiro atoms. The predicted octanol–water partition coefficient (Wildman–Crippen LogP) is 1.25. The molecule has 1 aliphatic heterocycles. The molecule has 0 atom stereocenters. The van der Waals surface area contributed by atoms with E-state index < -0.39 is 0 Å². The molecule has 1 nitrogen and oxygen atoms in total. The van der Waals surface area contributed by atoms with Crippen LogP contribution in [0.25, 0.3) is 0 Å². The van der Waals surface area contributed by atoms with E-state index >= 15 is 0 Å². The fourth-order valence-electron chi connectivity index (χ4n) is 3.99. The quantitative estimate of drug-likeness (QED) is 0.731. The van der Waals surface area contributed by atoms with E-state index in [2.05, 4.69) is 74.5 Å². The van der Waals surface area contributed by atoms with Gasteiger partial charge in [0.1, 0.15) is 13.1 Å². The van der Waals surface area contributed by atoms with Crippen molar-refractivity contribution in [2.75, 3.05) is 13.1 Å². The number of rotatable bonds is 4. The van der Waals surface area contributed by atoms with Crippen LogP contribution in [0.1, 0.15) is 25.0 Å². The van der Waals surface area contributed by atoms with Gasteiger partial charge in [-0.2, -0.15) is 0 Å². The van der Waals surface area contributed by atoms with Crippen LogP contribution >= 0.6 is 0 Å². The summed E-state index contributed by atoms with van der Waals surface area (Å²) in [6.45, 7) is 9.63. The number of quaternary nitrogens is 1. The van der Waals surface area contributed by atoms with Gasteiger partial charge in [0, 0.05) is 11.1 Å². The topological polar surface area (TPSA) is 0 Å². The largest absolute Gasteiger partial charge is 1.00 e. The van der Waals surface area contributed by atoms with E-state index in [1.165, 1.54) is 28.7 Å². The molecule has 2 heteroatoms. The Labute approximate surface area is 139 Å². The molecule has 1 heterocycles. The lowest BCUT2D eigenvalue weighted by Crippen LogP contribution is -3.00. The van der Waals surface area contributed by atoms with E-state index in [4.69, 9.17) is 0 Å². The van der Waals surface area contributed by atoms with Gasteiger partial charge in [0.2, 0.25) is 0 Å². The summed E-state index contributed by atoms with van der Waals surface area (Å²) in [7, 11) is 0. The zero-order valence-corrected chi connectivity index (χ0v) is 14.5. The normalized spacial score (nSPS) is 18.4. The van der Waals surface area contributed by atoms with E-state index in [-0.39, 0.29) is 17.0 Å². The summed E-state index contributed by atoms with van der Waals surface area (Å²) in [5.41, 5.74) is 3.40. The summed E-state index contributed by atoms with van der Waals surface area (Å²) in [4.78, 5) is 0. The highest BCUT2D eigenvalue weighted by Gasteiger charge is 2.49. The van der Waals surface area contributed by atoms with Gasteiger partial charge >= 0.3 is 0 Å². The van der Waals surface area contributed by atoms with Crippen LogP contribution < -0.4 is 17.0 Å². The maximum atomic E-state index is 2.39. The maximum absolute atomic E-state index is 2.39. The summed E-state index contributed by atoms with van der Waals surface area (Å²) in [6.07, 6.45) is 0. The lowest BCUT2D eigenvalue weighted by Gasteiger charge is -2.55. The lowest BCUT2D eigenvalue weighted by atomic mass is 9.80. The monoisotopic (exact) mass is 345 g/mol. The van der Waals surface area contributed by atoms with Gasteiger partial charge in [-0.3, -0.25) is 0 Å². The van der Waals surface area contributed by atoms with Crippen molar-refractivity contribution >= 4 is 0 Å². The predicted molar refractivity (Wildman–Crippen MR) is 84.1 cm³/mol. The van der Waals surface area contributed by atoms with Gasteiger partial charge < -0.3 is 21.5 Å². The number of hydrogen-bond donors (Lipinski definition) is 0. The fraction of sp³-hybridized carbons (Fsp3) is 0.368. The highest BCUT2D eigenvalue weighted by molar-refractivity contribution is 5.16. The highest BCUT2D eigenvalue weighted by atomic mass is 79.9. The fourth-order valence-corrected chi connectivity index (χ4v) is 3.99. The van der Waals surface area contributed by atoms with Crippen LogP contribution in [-0.2, 0) is 13.1 Å². The molecule has 1 saturated heterocycles. The van der Waals surface area contributed by atoms with Gasteiger partial charge in [-0.15, -0.1) is 0 Å². The Bertz CT molecular complexity index is 511. The number of nitrogens with zero attached hydrogens (tertiary/aromatic N) is 1. The van der Waals surface area contributed by atoms with Crippen molar-refractivity contribution in [3.63, 3.8) is 0 Å². The van der Waals surface area contributed by atoms with E-state index in [0.29, 0.717) is 5.41 Å². The van der Waals surface area contributed by atoms with E-state index in [1.54, 1.807) is 0 Å². The number of hydrogen-bond acceptors (Lipinski definition) is 0. The van der Waals surface area contributed by atoms with Crippen LogP contribution in [0.2, 0.25) is 0 Å². The first kappa shape index (κ1) is 16.3. The van der Waals surface area contributed by atoms with Crippen molar-refractivity contribution in [2.45, 2.75) is 26.9 Å². The second kappa shape index (κ2) is 6.33. The summed E-state index contributed by atoms with van der Waals surface area (Å²) in [6, 6.07) is 21.9. The smallest absolute Gasteiger partial charge is 0.105 e. The number of benzene rings is 2. The van der Waals surface area contributed by atoms with Crippen molar-refractivity contribution in [1.82, 2.24) is 0 Å². The molecule has 0 unspecified atom stereocenters. The Morgan fingerprint density at radius 2 is 1.14 bits per heavy atom. The van der Waals surface area contributed by atoms with E-state index in [9.17, 15) is 0 Å². The summed E-state index contributed by atoms with van der Waals surface area (Å²) < 4.78 is 1.20. The van der Waals surface area contributed by atoms with Gasteiger partial charge in [-0.25, -0.2) is 0 Å². The minimum Gasteiger partial charge on any atom is -1.00 e. The Kier molecular flexibility index (Phi) is 4.90. The van der Waals surface area contributed by atoms with E-state index in [0.717, 1.165) is 13.1 Å². The molecule has 1 aliphatic rings. The minimum absolute atomic E-state index is 0. The molecule has 0 aliphatic carbocycles. The molecule has 112 valence electrons. The Morgan fingerprint density at radius 1 is 0.762 bits per heavy atom. The lowest BCUT2D eigenvalue weighted by molar-refractivity contribution is -1.01. The molecular formula is C19H24BrN. The molecule has 0 radical (unpaired) electrons. The third kappa shape index (κ3) is 3.96. The third-order valence-corrected chi connectivity index (χ3v) is 4.25. The number of likely N-dealkylation sites (tertiary alicyclic amines) is 1. The van der Waals surface area contributed by atoms with Gasteiger partial charge in [0.05, 0.1) is 18.5 Å². The zero-order valence-electron chi connectivity index (χ0n) is 12.9. The maximum Gasteiger partial charge on any atom is 0.105 e. The molecule has 3 rings (SSSR count). The van der Waals surface area contributed by atoms with Crippen LogP contribution in [0.15, 0.2) is 60.7 Å². The molecule has 1 fully saturated rings. The molecule has 0 bridgehead atoms. The van der Waals surface area contributed by atoms with Gasteiger partial charge in [0.15, 0.2) is 0 Å². The summed E-state index contributed by atoms with van der Waals surface area (Å²) in [5.74, 6) is 0. The van der Waals surface area contributed by atoms with Gasteiger partial charge in [-0.1, -0.05) is 60.7 Å². The van der Waals surface area contributed by atoms with Crippen LogP contribution in [0.3, 0.4) is 0 Å². The Hall–Kier alpha value is -1.12. The Balaban J connectivity index is 0.00000161. The van der Waals surface area contributed by atoms with Crippen molar-refractivity contribution in [1.29, 1.82) is 0 Å². The SMILES string of the molecule is CC1(C)C[N+](Cc2ccccc2)(Cc2ccccc2)C1.[Br-]. The standard InChI is InChI=1S/C19H24N.BrH/c1-19(2)15-20(16-19,13-17-9-5-3-6-10-17)14-18-11-7-4-8-12-18;/h3-12H,13-16H2,1-2H3;1H/q+1;/p-1. The van der Waals surface area contributed by atoms with Crippen LogP contribution in [0.4, 0.5) is 0 Å². The minimum atomic E-state index is 0. The van der Waals surface area contributed by atoms with Crippen LogP contribution in [0.5, 0.6) is 0 Å². The van der Waals surface area contributed by atoms with Gasteiger partial charge in [0.25, 0.3) is 0 Å². The molecule has 2 aromatic rings. The first-order valence-electron chi connectivity index (χ1n) is 7.50. The zero-order chi connectivity index (χ0) is 14.1. The molecule has 0 amide bonds. The van der Waals surface area contributed by atoms with Crippen molar-refractivity contribution < 1.29 is 21.5 Å².